The maximum Gasteiger partial charge on any atom is 0.341 e. The number of ether oxygens (including phenoxy) is 1. The molecule has 0 bridgehead atoms. The van der Waals surface area contributed by atoms with Gasteiger partial charge in [-0.2, -0.15) is 4.68 Å². The van der Waals surface area contributed by atoms with Crippen LogP contribution in [0.3, 0.4) is 0 Å². The lowest BCUT2D eigenvalue weighted by Gasteiger charge is -2.26. The number of amides is 1. The maximum atomic E-state index is 13.6. The molecule has 1 unspecified atom stereocenters. The van der Waals surface area contributed by atoms with Crippen molar-refractivity contribution in [1.29, 1.82) is 0 Å². The van der Waals surface area contributed by atoms with Crippen molar-refractivity contribution in [3.63, 3.8) is 0 Å². The van der Waals surface area contributed by atoms with Crippen molar-refractivity contribution in [2.24, 2.45) is 5.73 Å². The van der Waals surface area contributed by atoms with Gasteiger partial charge in [-0.05, 0) is 25.1 Å². The van der Waals surface area contributed by atoms with Crippen molar-refractivity contribution in [2.75, 3.05) is 11.9 Å². The summed E-state index contributed by atoms with van der Waals surface area (Å²) < 4.78 is 6.73. The average molecular weight is 449 g/mol. The van der Waals surface area contributed by atoms with E-state index in [4.69, 9.17) is 10.5 Å². The Morgan fingerprint density at radius 2 is 1.82 bits per heavy atom. The minimum Gasteiger partial charge on any atom is -0.462 e. The number of esters is 1. The van der Waals surface area contributed by atoms with Crippen molar-refractivity contribution >= 4 is 39.8 Å². The quantitative estimate of drug-likeness (QED) is 0.330. The highest BCUT2D eigenvalue weighted by atomic mass is 16.6. The molecule has 0 radical (unpaired) electrons. The molecule has 3 aromatic rings. The number of benzene rings is 2. The van der Waals surface area contributed by atoms with Gasteiger partial charge in [0.05, 0.1) is 28.0 Å². The smallest absolute Gasteiger partial charge is 0.341 e. The van der Waals surface area contributed by atoms with Gasteiger partial charge in [0.1, 0.15) is 11.4 Å². The molecule has 3 N–H and O–H groups in total. The Bertz CT molecular complexity index is 1580. The van der Waals surface area contributed by atoms with Crippen LogP contribution in [0.5, 0.6) is 0 Å². The van der Waals surface area contributed by atoms with E-state index in [-0.39, 0.29) is 34.3 Å². The van der Waals surface area contributed by atoms with E-state index in [2.05, 4.69) is 5.32 Å². The van der Waals surface area contributed by atoms with E-state index in [1.807, 2.05) is 0 Å². The maximum absolute atomic E-state index is 13.6. The number of nitrogens with two attached hydrogens (primary N) is 1. The fraction of sp³-hybridized carbons (Fsp3) is 0.143. The third-order valence-electron chi connectivity index (χ3n) is 5.80. The van der Waals surface area contributed by atoms with Crippen molar-refractivity contribution in [3.05, 3.63) is 84.4 Å². The first kappa shape index (κ1) is 20.2. The average Bonchev–Trinajstić information content (AvgIpc) is 3.23. The summed E-state index contributed by atoms with van der Waals surface area (Å²) in [6.45, 7) is 1.48. The third-order valence-corrected chi connectivity index (χ3v) is 5.80. The van der Waals surface area contributed by atoms with Crippen LogP contribution >= 0.6 is 0 Å². The summed E-state index contributed by atoms with van der Waals surface area (Å²) in [5, 5.41) is 13.8. The van der Waals surface area contributed by atoms with E-state index in [1.165, 1.54) is 18.2 Å². The van der Waals surface area contributed by atoms with Gasteiger partial charge in [0.15, 0.2) is 0 Å². The van der Waals surface area contributed by atoms with Gasteiger partial charge >= 0.3 is 5.97 Å². The van der Waals surface area contributed by atoms with E-state index in [0.717, 1.165) is 21.5 Å². The third kappa shape index (κ3) is 2.34. The molecule has 3 heterocycles. The van der Waals surface area contributed by atoms with E-state index >= 15 is 0 Å². The summed E-state index contributed by atoms with van der Waals surface area (Å²) >= 11 is 0. The lowest BCUT2D eigenvalue weighted by Crippen LogP contribution is -2.52. The molecule has 0 aliphatic carbocycles. The van der Waals surface area contributed by atoms with Crippen LogP contribution < -0.4 is 22.2 Å². The first-order chi connectivity index (χ1) is 15.7. The molecule has 0 fully saturated rings. The van der Waals surface area contributed by atoms with E-state index in [1.54, 1.807) is 19.1 Å². The number of carbonyl (C=O) groups excluding carboxylic acids is 2. The Balaban J connectivity index is 1.98. The molecule has 1 atom stereocenters. The molecule has 0 saturated carbocycles. The standard InChI is InChI=1S/C21H15N5O7/c1-2-33-19(29)15-16(22)24-17(27)11-5-3-4-6-12(11)18(28)25(24)21(15)13-8-7-10(26(31)32)9-14(13)23-20(21)30/h3-9H,2,22H2,1H3,(H,23,30). The van der Waals surface area contributed by atoms with Crippen molar-refractivity contribution in [3.8, 4) is 0 Å². The first-order valence-corrected chi connectivity index (χ1v) is 9.80. The molecule has 2 aliphatic heterocycles. The minimum atomic E-state index is -2.19. The summed E-state index contributed by atoms with van der Waals surface area (Å²) in [5.74, 6) is -2.33. The van der Waals surface area contributed by atoms with Crippen LogP contribution in [0.1, 0.15) is 12.5 Å². The van der Waals surface area contributed by atoms with Crippen LogP contribution in [0.4, 0.5) is 11.4 Å². The molecule has 12 nitrogen and oxygen atoms in total. The number of nitrogens with zero attached hydrogens (tertiary/aromatic N) is 3. The lowest BCUT2D eigenvalue weighted by atomic mass is 9.84. The molecular formula is C21H15N5O7. The molecule has 12 heteroatoms. The molecule has 2 aromatic carbocycles. The second kappa shape index (κ2) is 6.63. The van der Waals surface area contributed by atoms with Crippen molar-refractivity contribution < 1.29 is 19.2 Å². The number of hydrogen-bond acceptors (Lipinski definition) is 8. The molecule has 1 amide bonds. The van der Waals surface area contributed by atoms with E-state index < -0.39 is 44.9 Å². The Morgan fingerprint density at radius 3 is 2.45 bits per heavy atom. The number of hydrogen-bond donors (Lipinski definition) is 2. The summed E-state index contributed by atoms with van der Waals surface area (Å²) in [5.41, 5.74) is 1.87. The summed E-state index contributed by atoms with van der Waals surface area (Å²) in [7, 11) is 0. The zero-order valence-electron chi connectivity index (χ0n) is 17.0. The molecule has 0 saturated heterocycles. The summed E-state index contributed by atoms with van der Waals surface area (Å²) in [4.78, 5) is 64.1. The number of carbonyl (C=O) groups is 2. The minimum absolute atomic E-state index is 0.00440. The molecule has 166 valence electrons. The molecule has 33 heavy (non-hydrogen) atoms. The van der Waals surface area contributed by atoms with Crippen LogP contribution in [0.2, 0.25) is 0 Å². The highest BCUT2D eigenvalue weighted by molar-refractivity contribution is 6.17. The summed E-state index contributed by atoms with van der Waals surface area (Å²) in [6, 6.07) is 9.45. The van der Waals surface area contributed by atoms with Crippen molar-refractivity contribution in [2.45, 2.75) is 12.5 Å². The number of nitro benzene ring substituents is 1. The van der Waals surface area contributed by atoms with Crippen LogP contribution in [0, 0.1) is 10.1 Å². The predicted octanol–water partition coefficient (Wildman–Crippen LogP) is 0.471. The van der Waals surface area contributed by atoms with Crippen LogP contribution in [0.25, 0.3) is 16.6 Å². The van der Waals surface area contributed by atoms with E-state index in [0.29, 0.717) is 0 Å². The number of rotatable bonds is 3. The molecule has 1 spiro atoms. The monoisotopic (exact) mass is 449 g/mol. The van der Waals surface area contributed by atoms with Gasteiger partial charge < -0.3 is 15.8 Å². The predicted molar refractivity (Wildman–Crippen MR) is 115 cm³/mol. The highest BCUT2D eigenvalue weighted by Gasteiger charge is 2.61. The van der Waals surface area contributed by atoms with Gasteiger partial charge in [0.25, 0.3) is 22.7 Å². The fourth-order valence-corrected chi connectivity index (χ4v) is 4.50. The van der Waals surface area contributed by atoms with Gasteiger partial charge in [0, 0.05) is 17.7 Å². The van der Waals surface area contributed by atoms with Gasteiger partial charge in [-0.1, -0.05) is 12.1 Å². The second-order valence-electron chi connectivity index (χ2n) is 7.41. The largest absolute Gasteiger partial charge is 0.462 e. The van der Waals surface area contributed by atoms with Gasteiger partial charge in [-0.15, -0.1) is 0 Å². The van der Waals surface area contributed by atoms with Crippen molar-refractivity contribution in [1.82, 2.24) is 9.36 Å². The first-order valence-electron chi connectivity index (χ1n) is 9.80. The molecule has 1 aromatic heterocycles. The van der Waals surface area contributed by atoms with Gasteiger partial charge in [-0.25, -0.2) is 9.48 Å². The second-order valence-corrected chi connectivity index (χ2v) is 7.41. The number of nitrogens with one attached hydrogen (secondary N) is 1. The Hall–Kier alpha value is -4.74. The number of non-ortho nitro benzene ring substituents is 1. The van der Waals surface area contributed by atoms with Crippen LogP contribution in [-0.4, -0.2) is 32.8 Å². The fourth-order valence-electron chi connectivity index (χ4n) is 4.50. The number of nitro groups is 1. The Morgan fingerprint density at radius 1 is 1.15 bits per heavy atom. The zero-order valence-corrected chi connectivity index (χ0v) is 17.0. The number of anilines is 1. The molecular weight excluding hydrogens is 434 g/mol. The number of fused-ring (bicyclic) bond motifs is 5. The number of aromatic nitrogens is 2. The zero-order chi connectivity index (χ0) is 23.7. The highest BCUT2D eigenvalue weighted by Crippen LogP contribution is 2.48. The summed E-state index contributed by atoms with van der Waals surface area (Å²) in [6.07, 6.45) is 0. The lowest BCUT2D eigenvalue weighted by molar-refractivity contribution is -0.384. The normalized spacial score (nSPS) is 18.4. The Kier molecular flexibility index (Phi) is 4.05. The molecule has 5 rings (SSSR count). The van der Waals surface area contributed by atoms with Crippen LogP contribution in [-0.2, 0) is 19.9 Å². The SMILES string of the molecule is CCOC(=O)C1=C(N)n2c(=O)c3ccccc3c(=O)n2C12C(=O)Nc1cc([N+](=O)[O-])ccc12. The molecule has 2 aliphatic rings. The van der Waals surface area contributed by atoms with Gasteiger partial charge in [-0.3, -0.25) is 24.5 Å². The van der Waals surface area contributed by atoms with Gasteiger partial charge in [0.2, 0.25) is 5.54 Å². The topological polar surface area (TPSA) is 169 Å². The van der Waals surface area contributed by atoms with E-state index in [9.17, 15) is 29.3 Å². The Labute approximate surface area is 183 Å². The van der Waals surface area contributed by atoms with Crippen LogP contribution in [0.15, 0.2) is 57.6 Å².